The smallest absolute Gasteiger partial charge is 0.274 e. The molecule has 2 N–H and O–H groups in total. The number of nitrogens with zero attached hydrogens (tertiary/aromatic N) is 3. The van der Waals surface area contributed by atoms with Crippen molar-refractivity contribution in [2.75, 3.05) is 25.4 Å². The summed E-state index contributed by atoms with van der Waals surface area (Å²) < 4.78 is 7.11. The Labute approximate surface area is 123 Å². The van der Waals surface area contributed by atoms with Crippen LogP contribution in [0.15, 0.2) is 36.5 Å². The number of benzene rings is 1. The van der Waals surface area contributed by atoms with Crippen LogP contribution >= 0.6 is 0 Å². The number of carbonyl (C=O) groups excluding carboxylic acids is 1. The van der Waals surface area contributed by atoms with E-state index in [9.17, 15) is 4.79 Å². The third-order valence-electron chi connectivity index (χ3n) is 3.47. The number of nitrogen functional groups attached to an aromatic ring is 1. The largest absolute Gasteiger partial charge is 0.399 e. The van der Waals surface area contributed by atoms with E-state index in [1.54, 1.807) is 21.8 Å². The summed E-state index contributed by atoms with van der Waals surface area (Å²) in [5.74, 6) is -0.0622. The number of amides is 1. The molecule has 110 valence electrons. The van der Waals surface area contributed by atoms with Crippen LogP contribution in [0.4, 0.5) is 5.69 Å². The van der Waals surface area contributed by atoms with Gasteiger partial charge in [-0.15, -0.1) is 0 Å². The maximum Gasteiger partial charge on any atom is 0.274 e. The fourth-order valence-electron chi connectivity index (χ4n) is 2.41. The fraction of sp³-hybridized carbons (Fsp3) is 0.333. The molecule has 6 nitrogen and oxygen atoms in total. The SMILES string of the molecule is CC1CN(C(=O)c2ccn(-c3cccc(N)c3)n2)CCO1. The number of carbonyl (C=O) groups is 1. The van der Waals surface area contributed by atoms with Crippen molar-refractivity contribution in [3.05, 3.63) is 42.2 Å². The minimum atomic E-state index is -0.0622. The minimum Gasteiger partial charge on any atom is -0.399 e. The lowest BCUT2D eigenvalue weighted by Crippen LogP contribution is -2.44. The van der Waals surface area contributed by atoms with E-state index in [2.05, 4.69) is 5.10 Å². The molecule has 1 fully saturated rings. The first-order valence-corrected chi connectivity index (χ1v) is 6.96. The third-order valence-corrected chi connectivity index (χ3v) is 3.47. The van der Waals surface area contributed by atoms with E-state index in [0.717, 1.165) is 5.69 Å². The number of hydrogen-bond acceptors (Lipinski definition) is 4. The highest BCUT2D eigenvalue weighted by molar-refractivity contribution is 5.92. The van der Waals surface area contributed by atoms with E-state index < -0.39 is 0 Å². The van der Waals surface area contributed by atoms with Gasteiger partial charge in [-0.25, -0.2) is 4.68 Å². The number of anilines is 1. The monoisotopic (exact) mass is 286 g/mol. The summed E-state index contributed by atoms with van der Waals surface area (Å²) in [4.78, 5) is 14.2. The van der Waals surface area contributed by atoms with Gasteiger partial charge in [0, 0.05) is 25.0 Å². The van der Waals surface area contributed by atoms with E-state index in [1.807, 2.05) is 31.2 Å². The second-order valence-corrected chi connectivity index (χ2v) is 5.17. The Kier molecular flexibility index (Phi) is 3.62. The van der Waals surface area contributed by atoms with Crippen LogP contribution in [0.3, 0.4) is 0 Å². The predicted molar refractivity (Wildman–Crippen MR) is 79.3 cm³/mol. The van der Waals surface area contributed by atoms with E-state index in [1.165, 1.54) is 0 Å². The molecule has 1 unspecified atom stereocenters. The molecule has 0 radical (unpaired) electrons. The van der Waals surface area contributed by atoms with E-state index in [-0.39, 0.29) is 12.0 Å². The number of nitrogens with two attached hydrogens (primary N) is 1. The van der Waals surface area contributed by atoms with Gasteiger partial charge in [-0.2, -0.15) is 5.10 Å². The maximum absolute atomic E-state index is 12.4. The van der Waals surface area contributed by atoms with Gasteiger partial charge in [-0.3, -0.25) is 4.79 Å². The van der Waals surface area contributed by atoms with Crippen LogP contribution in [0.5, 0.6) is 0 Å². The van der Waals surface area contributed by atoms with Crippen LogP contribution in [0.25, 0.3) is 5.69 Å². The molecule has 1 aromatic heterocycles. The van der Waals surface area contributed by atoms with E-state index in [4.69, 9.17) is 10.5 Å². The molecule has 1 aliphatic heterocycles. The molecular formula is C15H18N4O2. The third kappa shape index (κ3) is 2.90. The van der Waals surface area contributed by atoms with Crippen LogP contribution in [-0.2, 0) is 4.74 Å². The van der Waals surface area contributed by atoms with Crippen LogP contribution in [0, 0.1) is 0 Å². The molecule has 1 aliphatic rings. The van der Waals surface area contributed by atoms with Crippen molar-refractivity contribution in [1.29, 1.82) is 0 Å². The zero-order valence-electron chi connectivity index (χ0n) is 11.9. The summed E-state index contributed by atoms with van der Waals surface area (Å²) in [5, 5.41) is 4.35. The van der Waals surface area contributed by atoms with E-state index in [0.29, 0.717) is 31.1 Å². The molecule has 6 heteroatoms. The first-order valence-electron chi connectivity index (χ1n) is 6.96. The molecule has 1 amide bonds. The molecule has 1 aromatic carbocycles. The Bertz CT molecular complexity index is 653. The van der Waals surface area contributed by atoms with Gasteiger partial charge in [-0.05, 0) is 31.2 Å². The summed E-state index contributed by atoms with van der Waals surface area (Å²) in [6.45, 7) is 3.74. The zero-order valence-corrected chi connectivity index (χ0v) is 11.9. The molecule has 0 aliphatic carbocycles. The lowest BCUT2D eigenvalue weighted by molar-refractivity contribution is -0.0126. The van der Waals surface area contributed by atoms with Gasteiger partial charge in [-0.1, -0.05) is 6.07 Å². The predicted octanol–water partition coefficient (Wildman–Crippen LogP) is 1.32. The molecule has 2 aromatic rings. The van der Waals surface area contributed by atoms with Gasteiger partial charge >= 0.3 is 0 Å². The van der Waals surface area contributed by atoms with Gasteiger partial charge in [0.25, 0.3) is 5.91 Å². The van der Waals surface area contributed by atoms with Crippen molar-refractivity contribution >= 4 is 11.6 Å². The highest BCUT2D eigenvalue weighted by Crippen LogP contribution is 2.13. The molecule has 0 spiro atoms. The first kappa shape index (κ1) is 13.6. The standard InChI is InChI=1S/C15H18N4O2/c1-11-10-18(7-8-21-11)15(20)14-5-6-19(17-14)13-4-2-3-12(16)9-13/h2-6,9,11H,7-8,10,16H2,1H3. The number of morpholine rings is 1. The summed E-state index contributed by atoms with van der Waals surface area (Å²) >= 11 is 0. The second-order valence-electron chi connectivity index (χ2n) is 5.17. The maximum atomic E-state index is 12.4. The Morgan fingerprint density at radius 3 is 3.05 bits per heavy atom. The Balaban J connectivity index is 1.80. The van der Waals surface area contributed by atoms with Crippen LogP contribution in [0.1, 0.15) is 17.4 Å². The molecule has 3 rings (SSSR count). The Morgan fingerprint density at radius 2 is 2.29 bits per heavy atom. The Hall–Kier alpha value is -2.34. The van der Waals surface area contributed by atoms with E-state index >= 15 is 0 Å². The lowest BCUT2D eigenvalue weighted by atomic mass is 10.2. The second kappa shape index (κ2) is 5.57. The molecule has 21 heavy (non-hydrogen) atoms. The van der Waals surface area contributed by atoms with Crippen LogP contribution < -0.4 is 5.73 Å². The molecule has 1 atom stereocenters. The molecule has 1 saturated heterocycles. The quantitative estimate of drug-likeness (QED) is 0.845. The number of rotatable bonds is 2. The summed E-state index contributed by atoms with van der Waals surface area (Å²) in [7, 11) is 0. The average Bonchev–Trinajstić information content (AvgIpc) is 2.96. The molecular weight excluding hydrogens is 268 g/mol. The van der Waals surface area contributed by atoms with Gasteiger partial charge < -0.3 is 15.4 Å². The number of hydrogen-bond donors (Lipinski definition) is 1. The van der Waals surface area contributed by atoms with Gasteiger partial charge in [0.2, 0.25) is 0 Å². The van der Waals surface area contributed by atoms with Crippen molar-refractivity contribution in [3.63, 3.8) is 0 Å². The highest BCUT2D eigenvalue weighted by Gasteiger charge is 2.24. The Morgan fingerprint density at radius 1 is 1.43 bits per heavy atom. The molecule has 0 saturated carbocycles. The summed E-state index contributed by atoms with van der Waals surface area (Å²) in [5.41, 5.74) is 7.70. The van der Waals surface area contributed by atoms with Crippen molar-refractivity contribution in [3.8, 4) is 5.69 Å². The first-order chi connectivity index (χ1) is 10.1. The van der Waals surface area contributed by atoms with Crippen molar-refractivity contribution < 1.29 is 9.53 Å². The van der Waals surface area contributed by atoms with Gasteiger partial charge in [0.05, 0.1) is 18.4 Å². The minimum absolute atomic E-state index is 0.0622. The summed E-state index contributed by atoms with van der Waals surface area (Å²) in [6, 6.07) is 9.11. The topological polar surface area (TPSA) is 73.4 Å². The lowest BCUT2D eigenvalue weighted by Gasteiger charge is -2.30. The van der Waals surface area contributed by atoms with Crippen LogP contribution in [-0.4, -0.2) is 46.4 Å². The molecule has 0 bridgehead atoms. The van der Waals surface area contributed by atoms with Crippen LogP contribution in [0.2, 0.25) is 0 Å². The normalized spacial score (nSPS) is 18.7. The zero-order chi connectivity index (χ0) is 14.8. The van der Waals surface area contributed by atoms with Gasteiger partial charge in [0.1, 0.15) is 0 Å². The van der Waals surface area contributed by atoms with Crippen molar-refractivity contribution in [1.82, 2.24) is 14.7 Å². The van der Waals surface area contributed by atoms with Crippen molar-refractivity contribution in [2.24, 2.45) is 0 Å². The average molecular weight is 286 g/mol. The fourth-order valence-corrected chi connectivity index (χ4v) is 2.41. The number of aromatic nitrogens is 2. The highest BCUT2D eigenvalue weighted by atomic mass is 16.5. The molecule has 2 heterocycles. The van der Waals surface area contributed by atoms with Crippen molar-refractivity contribution in [2.45, 2.75) is 13.0 Å². The number of ether oxygens (including phenoxy) is 1. The van der Waals surface area contributed by atoms with Gasteiger partial charge in [0.15, 0.2) is 5.69 Å². The summed E-state index contributed by atoms with van der Waals surface area (Å²) in [6.07, 6.45) is 1.84.